The highest BCUT2D eigenvalue weighted by molar-refractivity contribution is 5.93. The zero-order valence-electron chi connectivity index (χ0n) is 16.4. The second-order valence-electron chi connectivity index (χ2n) is 8.20. The Bertz CT molecular complexity index is 789. The Labute approximate surface area is 159 Å². The molecule has 1 aromatic carbocycles. The SMILES string of the molecule is C[C@H](c1nc(C(C)(C)C)no1)N1CCC(C(=O)Nc2ccccc2O)CC1. The number of nitrogens with zero attached hydrogens (tertiary/aromatic N) is 3. The molecule has 2 N–H and O–H groups in total. The standard InChI is InChI=1S/C20H28N4O3/c1-13(18-22-19(23-27-18)20(2,3)4)24-11-9-14(10-12-24)17(26)21-15-7-5-6-8-16(15)25/h5-8,13-14,25H,9-12H2,1-4H3,(H,21,26)/t13-/m1/s1. The second-order valence-corrected chi connectivity index (χ2v) is 8.20. The van der Waals surface area contributed by atoms with E-state index in [4.69, 9.17) is 4.52 Å². The first-order chi connectivity index (χ1) is 12.8. The van der Waals surface area contributed by atoms with Crippen LogP contribution in [0.4, 0.5) is 5.69 Å². The Hall–Kier alpha value is -2.41. The minimum absolute atomic E-state index is 0.0239. The molecule has 1 fully saturated rings. The number of hydrogen-bond donors (Lipinski definition) is 2. The summed E-state index contributed by atoms with van der Waals surface area (Å²) in [4.78, 5) is 19.3. The molecule has 7 heteroatoms. The van der Waals surface area contributed by atoms with Crippen LogP contribution >= 0.6 is 0 Å². The van der Waals surface area contributed by atoms with Crippen molar-refractivity contribution in [3.8, 4) is 5.75 Å². The monoisotopic (exact) mass is 372 g/mol. The highest BCUT2D eigenvalue weighted by Gasteiger charge is 2.31. The molecule has 146 valence electrons. The Morgan fingerprint density at radius 2 is 1.96 bits per heavy atom. The number of phenols is 1. The number of piperidine rings is 1. The highest BCUT2D eigenvalue weighted by Crippen LogP contribution is 2.29. The van der Waals surface area contributed by atoms with Gasteiger partial charge in [-0.1, -0.05) is 38.1 Å². The van der Waals surface area contributed by atoms with Crippen molar-refractivity contribution in [3.63, 3.8) is 0 Å². The Morgan fingerprint density at radius 1 is 1.30 bits per heavy atom. The van der Waals surface area contributed by atoms with E-state index in [-0.39, 0.29) is 29.0 Å². The molecule has 1 aromatic heterocycles. The first kappa shape index (κ1) is 19.4. The zero-order valence-corrected chi connectivity index (χ0v) is 16.4. The van der Waals surface area contributed by atoms with Crippen molar-refractivity contribution in [2.75, 3.05) is 18.4 Å². The maximum Gasteiger partial charge on any atom is 0.243 e. The number of aromatic nitrogens is 2. The van der Waals surface area contributed by atoms with Gasteiger partial charge >= 0.3 is 0 Å². The van der Waals surface area contributed by atoms with Crippen molar-refractivity contribution >= 4 is 11.6 Å². The lowest BCUT2D eigenvalue weighted by Crippen LogP contribution is -2.39. The van der Waals surface area contributed by atoms with Crippen LogP contribution in [0, 0.1) is 5.92 Å². The van der Waals surface area contributed by atoms with Gasteiger partial charge in [0.25, 0.3) is 0 Å². The molecule has 0 saturated carbocycles. The fraction of sp³-hybridized carbons (Fsp3) is 0.550. The molecule has 2 heterocycles. The van der Waals surface area contributed by atoms with Crippen LogP contribution in [-0.4, -0.2) is 39.1 Å². The van der Waals surface area contributed by atoms with Gasteiger partial charge in [-0.3, -0.25) is 9.69 Å². The molecule has 1 atom stereocenters. The van der Waals surface area contributed by atoms with E-state index in [1.54, 1.807) is 24.3 Å². The quantitative estimate of drug-likeness (QED) is 0.799. The summed E-state index contributed by atoms with van der Waals surface area (Å²) in [5, 5.41) is 16.7. The Balaban J connectivity index is 1.56. The molecule has 0 unspecified atom stereocenters. The van der Waals surface area contributed by atoms with Crippen LogP contribution in [-0.2, 0) is 10.2 Å². The molecule has 3 rings (SSSR count). The Morgan fingerprint density at radius 3 is 2.56 bits per heavy atom. The summed E-state index contributed by atoms with van der Waals surface area (Å²) in [7, 11) is 0. The van der Waals surface area contributed by atoms with E-state index < -0.39 is 0 Å². The van der Waals surface area contributed by atoms with Gasteiger partial charge in [-0.15, -0.1) is 0 Å². The van der Waals surface area contributed by atoms with Crippen LogP contribution in [0.5, 0.6) is 5.75 Å². The predicted octanol–water partition coefficient (Wildman–Crippen LogP) is 3.48. The third-order valence-corrected chi connectivity index (χ3v) is 5.08. The van der Waals surface area contributed by atoms with E-state index in [2.05, 4.69) is 48.1 Å². The number of amides is 1. The van der Waals surface area contributed by atoms with E-state index in [9.17, 15) is 9.90 Å². The fourth-order valence-corrected chi connectivity index (χ4v) is 3.23. The number of nitrogens with one attached hydrogen (secondary N) is 1. The van der Waals surface area contributed by atoms with E-state index >= 15 is 0 Å². The number of para-hydroxylation sites is 2. The number of carbonyl (C=O) groups excluding carboxylic acids is 1. The minimum Gasteiger partial charge on any atom is -0.506 e. The van der Waals surface area contributed by atoms with Gasteiger partial charge in [0, 0.05) is 11.3 Å². The first-order valence-electron chi connectivity index (χ1n) is 9.42. The molecular weight excluding hydrogens is 344 g/mol. The lowest BCUT2D eigenvalue weighted by molar-refractivity contribution is -0.121. The van der Waals surface area contributed by atoms with E-state index in [1.165, 1.54) is 0 Å². The van der Waals surface area contributed by atoms with Gasteiger partial charge in [-0.2, -0.15) is 4.98 Å². The molecule has 1 aliphatic rings. The van der Waals surface area contributed by atoms with Crippen molar-refractivity contribution < 1.29 is 14.4 Å². The maximum absolute atomic E-state index is 12.5. The largest absolute Gasteiger partial charge is 0.506 e. The third kappa shape index (κ3) is 4.47. The molecule has 1 amide bonds. The summed E-state index contributed by atoms with van der Waals surface area (Å²) in [5.74, 6) is 1.30. The highest BCUT2D eigenvalue weighted by atomic mass is 16.5. The molecule has 1 aliphatic heterocycles. The van der Waals surface area contributed by atoms with E-state index in [1.807, 2.05) is 0 Å². The lowest BCUT2D eigenvalue weighted by atomic mass is 9.94. The molecule has 1 saturated heterocycles. The van der Waals surface area contributed by atoms with Crippen LogP contribution in [0.15, 0.2) is 28.8 Å². The molecule has 0 radical (unpaired) electrons. The minimum atomic E-state index is -0.143. The number of aromatic hydroxyl groups is 1. The van der Waals surface area contributed by atoms with Crippen LogP contribution < -0.4 is 5.32 Å². The average molecular weight is 372 g/mol. The molecule has 27 heavy (non-hydrogen) atoms. The van der Waals surface area contributed by atoms with Crippen molar-refractivity contribution in [3.05, 3.63) is 36.0 Å². The number of benzene rings is 1. The molecule has 0 aliphatic carbocycles. The summed E-state index contributed by atoms with van der Waals surface area (Å²) >= 11 is 0. The smallest absolute Gasteiger partial charge is 0.243 e. The normalized spacial score (nSPS) is 17.6. The van der Waals surface area contributed by atoms with Crippen LogP contribution in [0.1, 0.15) is 58.3 Å². The Kier molecular flexibility index (Phi) is 5.51. The number of likely N-dealkylation sites (tertiary alicyclic amines) is 1. The van der Waals surface area contributed by atoms with Crippen LogP contribution in [0.3, 0.4) is 0 Å². The van der Waals surface area contributed by atoms with Crippen LogP contribution in [0.25, 0.3) is 0 Å². The summed E-state index contributed by atoms with van der Waals surface area (Å²) in [6.45, 7) is 9.80. The van der Waals surface area contributed by atoms with Gasteiger partial charge < -0.3 is 14.9 Å². The van der Waals surface area contributed by atoms with E-state index in [0.29, 0.717) is 17.4 Å². The summed E-state index contributed by atoms with van der Waals surface area (Å²) in [5.41, 5.74) is 0.314. The number of rotatable bonds is 4. The number of anilines is 1. The lowest BCUT2D eigenvalue weighted by Gasteiger charge is -2.33. The third-order valence-electron chi connectivity index (χ3n) is 5.08. The average Bonchev–Trinajstić information content (AvgIpc) is 3.14. The van der Waals surface area contributed by atoms with E-state index in [0.717, 1.165) is 25.9 Å². The predicted molar refractivity (Wildman–Crippen MR) is 102 cm³/mol. The van der Waals surface area contributed by atoms with Gasteiger partial charge in [-0.25, -0.2) is 0 Å². The van der Waals surface area contributed by atoms with Crippen molar-refractivity contribution in [2.45, 2.75) is 52.0 Å². The number of hydrogen-bond acceptors (Lipinski definition) is 6. The zero-order chi connectivity index (χ0) is 19.6. The maximum atomic E-state index is 12.5. The topological polar surface area (TPSA) is 91.5 Å². The molecule has 2 aromatic rings. The molecular formula is C20H28N4O3. The molecule has 0 bridgehead atoms. The number of carbonyl (C=O) groups is 1. The fourth-order valence-electron chi connectivity index (χ4n) is 3.23. The summed E-state index contributed by atoms with van der Waals surface area (Å²) in [6, 6.07) is 6.81. The summed E-state index contributed by atoms with van der Waals surface area (Å²) < 4.78 is 5.46. The van der Waals surface area contributed by atoms with Gasteiger partial charge in [0.1, 0.15) is 5.75 Å². The van der Waals surface area contributed by atoms with Crippen molar-refractivity contribution in [2.24, 2.45) is 5.92 Å². The van der Waals surface area contributed by atoms with Gasteiger partial charge in [-0.05, 0) is 45.0 Å². The van der Waals surface area contributed by atoms with Gasteiger partial charge in [0.05, 0.1) is 11.7 Å². The first-order valence-corrected chi connectivity index (χ1v) is 9.42. The summed E-state index contributed by atoms with van der Waals surface area (Å²) in [6.07, 6.45) is 1.51. The molecule has 0 spiro atoms. The number of phenolic OH excluding ortho intramolecular Hbond substituents is 1. The van der Waals surface area contributed by atoms with Crippen LogP contribution in [0.2, 0.25) is 0 Å². The van der Waals surface area contributed by atoms with Gasteiger partial charge in [0.2, 0.25) is 11.8 Å². The van der Waals surface area contributed by atoms with Gasteiger partial charge in [0.15, 0.2) is 5.82 Å². The van der Waals surface area contributed by atoms with Crippen molar-refractivity contribution in [1.29, 1.82) is 0 Å². The second kappa shape index (κ2) is 7.68. The molecule has 7 nitrogen and oxygen atoms in total. The van der Waals surface area contributed by atoms with Crippen molar-refractivity contribution in [1.82, 2.24) is 15.0 Å².